The molecule has 0 fully saturated rings. The largest absolute Gasteiger partial charge is 0.497 e. The number of nitrogens with zero attached hydrogens (tertiary/aromatic N) is 1. The van der Waals surface area contributed by atoms with Crippen molar-refractivity contribution < 1.29 is 14.3 Å². The summed E-state index contributed by atoms with van der Waals surface area (Å²) in [5, 5.41) is 2.89. The highest BCUT2D eigenvalue weighted by molar-refractivity contribution is 5.99. The van der Waals surface area contributed by atoms with E-state index in [0.717, 1.165) is 33.9 Å². The lowest BCUT2D eigenvalue weighted by atomic mass is 9.97. The number of nitrogens with one attached hydrogen (secondary N) is 1. The molecule has 1 amide bonds. The van der Waals surface area contributed by atoms with Crippen LogP contribution in [0, 0.1) is 0 Å². The Labute approximate surface area is 164 Å². The van der Waals surface area contributed by atoms with E-state index in [1.54, 1.807) is 26.5 Å². The first-order chi connectivity index (χ1) is 13.7. The fourth-order valence-corrected chi connectivity index (χ4v) is 2.74. The first-order valence-corrected chi connectivity index (χ1v) is 8.88. The summed E-state index contributed by atoms with van der Waals surface area (Å²) in [6, 6.07) is 20.8. The lowest BCUT2D eigenvalue weighted by Crippen LogP contribution is -2.21. The van der Waals surface area contributed by atoms with E-state index in [0.29, 0.717) is 6.54 Å². The zero-order chi connectivity index (χ0) is 19.8. The van der Waals surface area contributed by atoms with E-state index >= 15 is 0 Å². The number of ether oxygens (including phenoxy) is 2. The second kappa shape index (κ2) is 9.37. The van der Waals surface area contributed by atoms with E-state index in [4.69, 9.17) is 9.47 Å². The molecule has 0 unspecified atom stereocenters. The maximum atomic E-state index is 12.6. The standard InChI is InChI=1S/C23H22N2O3/c1-27-20-10-6-17(7-11-20)22(18-8-12-21(28-2)13-9-18)15-23(26)25-16-19-5-3-4-14-24-19/h3-15H,16H2,1-2H3,(H,25,26). The van der Waals surface area contributed by atoms with Crippen LogP contribution in [0.15, 0.2) is 79.0 Å². The molecule has 1 N–H and O–H groups in total. The molecule has 1 aromatic heterocycles. The van der Waals surface area contributed by atoms with Gasteiger partial charge >= 0.3 is 0 Å². The number of carbonyl (C=O) groups is 1. The van der Waals surface area contributed by atoms with Crippen LogP contribution in [0.5, 0.6) is 11.5 Å². The molecule has 0 saturated heterocycles. The van der Waals surface area contributed by atoms with Crippen molar-refractivity contribution in [2.75, 3.05) is 14.2 Å². The van der Waals surface area contributed by atoms with Crippen LogP contribution >= 0.6 is 0 Å². The predicted octanol–water partition coefficient (Wildman–Crippen LogP) is 3.85. The van der Waals surface area contributed by atoms with E-state index < -0.39 is 0 Å². The maximum absolute atomic E-state index is 12.6. The minimum absolute atomic E-state index is 0.188. The van der Waals surface area contributed by atoms with Gasteiger partial charge in [0.2, 0.25) is 5.91 Å². The highest BCUT2D eigenvalue weighted by Crippen LogP contribution is 2.26. The minimum atomic E-state index is -0.188. The van der Waals surface area contributed by atoms with Gasteiger partial charge in [0.05, 0.1) is 26.5 Å². The summed E-state index contributed by atoms with van der Waals surface area (Å²) in [6.45, 7) is 0.370. The van der Waals surface area contributed by atoms with Gasteiger partial charge in [-0.3, -0.25) is 9.78 Å². The summed E-state index contributed by atoms with van der Waals surface area (Å²) in [5.41, 5.74) is 3.45. The average molecular weight is 374 g/mol. The topological polar surface area (TPSA) is 60.5 Å². The molecule has 28 heavy (non-hydrogen) atoms. The van der Waals surface area contributed by atoms with Crippen molar-refractivity contribution >= 4 is 11.5 Å². The van der Waals surface area contributed by atoms with Crippen LogP contribution in [-0.4, -0.2) is 25.1 Å². The van der Waals surface area contributed by atoms with Crippen molar-refractivity contribution in [3.63, 3.8) is 0 Å². The van der Waals surface area contributed by atoms with E-state index in [1.165, 1.54) is 0 Å². The fourth-order valence-electron chi connectivity index (χ4n) is 2.74. The van der Waals surface area contributed by atoms with Crippen LogP contribution in [0.1, 0.15) is 16.8 Å². The molecular weight excluding hydrogens is 352 g/mol. The van der Waals surface area contributed by atoms with E-state index in [2.05, 4.69) is 10.3 Å². The zero-order valence-corrected chi connectivity index (χ0v) is 15.9. The molecule has 0 radical (unpaired) electrons. The third kappa shape index (κ3) is 4.98. The highest BCUT2D eigenvalue weighted by Gasteiger charge is 2.09. The van der Waals surface area contributed by atoms with Gasteiger partial charge < -0.3 is 14.8 Å². The van der Waals surface area contributed by atoms with Crippen LogP contribution in [0.25, 0.3) is 5.57 Å². The van der Waals surface area contributed by atoms with E-state index in [-0.39, 0.29) is 5.91 Å². The molecular formula is C23H22N2O3. The monoisotopic (exact) mass is 374 g/mol. The van der Waals surface area contributed by atoms with Gasteiger partial charge in [0, 0.05) is 12.3 Å². The Kier molecular flexibility index (Phi) is 6.41. The van der Waals surface area contributed by atoms with Crippen molar-refractivity contribution in [3.8, 4) is 11.5 Å². The molecule has 142 valence electrons. The third-order valence-electron chi connectivity index (χ3n) is 4.25. The molecule has 0 aliphatic rings. The number of hydrogen-bond acceptors (Lipinski definition) is 4. The fraction of sp³-hybridized carbons (Fsp3) is 0.130. The van der Waals surface area contributed by atoms with Gasteiger partial charge in [-0.1, -0.05) is 30.3 Å². The Balaban J connectivity index is 1.87. The Morgan fingerprint density at radius 1 is 0.893 bits per heavy atom. The summed E-state index contributed by atoms with van der Waals surface area (Å²) in [5.74, 6) is 1.34. The van der Waals surface area contributed by atoms with Crippen LogP contribution in [0.2, 0.25) is 0 Å². The molecule has 3 aromatic rings. The van der Waals surface area contributed by atoms with Crippen LogP contribution < -0.4 is 14.8 Å². The number of methoxy groups -OCH3 is 2. The smallest absolute Gasteiger partial charge is 0.244 e. The number of benzene rings is 2. The number of pyridine rings is 1. The molecule has 3 rings (SSSR count). The Hall–Kier alpha value is -3.60. The normalized spacial score (nSPS) is 10.1. The SMILES string of the molecule is COc1ccc(C(=CC(=O)NCc2ccccn2)c2ccc(OC)cc2)cc1. The quantitative estimate of drug-likeness (QED) is 0.638. The van der Waals surface area contributed by atoms with Crippen molar-refractivity contribution in [2.45, 2.75) is 6.54 Å². The van der Waals surface area contributed by atoms with Crippen LogP contribution in [0.4, 0.5) is 0 Å². The average Bonchev–Trinajstić information content (AvgIpc) is 2.77. The Morgan fingerprint density at radius 2 is 1.46 bits per heavy atom. The van der Waals surface area contributed by atoms with Gasteiger partial charge in [-0.25, -0.2) is 0 Å². The van der Waals surface area contributed by atoms with Gasteiger partial charge in [-0.05, 0) is 53.1 Å². The summed E-state index contributed by atoms with van der Waals surface area (Å²) >= 11 is 0. The molecule has 2 aromatic carbocycles. The molecule has 0 aliphatic carbocycles. The van der Waals surface area contributed by atoms with Crippen molar-refractivity contribution in [2.24, 2.45) is 0 Å². The second-order valence-electron chi connectivity index (χ2n) is 6.05. The van der Waals surface area contributed by atoms with Crippen molar-refractivity contribution in [1.29, 1.82) is 0 Å². The summed E-state index contributed by atoms with van der Waals surface area (Å²) < 4.78 is 10.5. The predicted molar refractivity (Wildman–Crippen MR) is 109 cm³/mol. The van der Waals surface area contributed by atoms with Gasteiger partial charge in [-0.15, -0.1) is 0 Å². The van der Waals surface area contributed by atoms with Crippen LogP contribution in [0.3, 0.4) is 0 Å². The van der Waals surface area contributed by atoms with Crippen molar-refractivity contribution in [1.82, 2.24) is 10.3 Å². The second-order valence-corrected chi connectivity index (χ2v) is 6.05. The first-order valence-electron chi connectivity index (χ1n) is 8.88. The molecule has 1 heterocycles. The molecule has 0 spiro atoms. The first kappa shape index (κ1) is 19.2. The van der Waals surface area contributed by atoms with E-state index in [9.17, 15) is 4.79 Å². The number of hydrogen-bond donors (Lipinski definition) is 1. The molecule has 0 atom stereocenters. The summed E-state index contributed by atoms with van der Waals surface area (Å²) in [6.07, 6.45) is 3.31. The number of rotatable bonds is 7. The lowest BCUT2D eigenvalue weighted by molar-refractivity contribution is -0.116. The minimum Gasteiger partial charge on any atom is -0.497 e. The summed E-state index contributed by atoms with van der Waals surface area (Å²) in [7, 11) is 3.25. The molecule has 0 aliphatic heterocycles. The number of amides is 1. The highest BCUT2D eigenvalue weighted by atomic mass is 16.5. The maximum Gasteiger partial charge on any atom is 0.244 e. The van der Waals surface area contributed by atoms with Gasteiger partial charge in [0.1, 0.15) is 11.5 Å². The van der Waals surface area contributed by atoms with Crippen molar-refractivity contribution in [3.05, 3.63) is 95.8 Å². The number of aromatic nitrogens is 1. The van der Waals surface area contributed by atoms with Gasteiger partial charge in [0.25, 0.3) is 0 Å². The lowest BCUT2D eigenvalue weighted by Gasteiger charge is -2.11. The zero-order valence-electron chi connectivity index (χ0n) is 15.9. The molecule has 5 heteroatoms. The third-order valence-corrected chi connectivity index (χ3v) is 4.25. The molecule has 0 bridgehead atoms. The number of carbonyl (C=O) groups excluding carboxylic acids is 1. The molecule has 5 nitrogen and oxygen atoms in total. The molecule has 0 saturated carbocycles. The summed E-state index contributed by atoms with van der Waals surface area (Å²) in [4.78, 5) is 16.8. The van der Waals surface area contributed by atoms with Crippen LogP contribution in [-0.2, 0) is 11.3 Å². The van der Waals surface area contributed by atoms with E-state index in [1.807, 2.05) is 66.7 Å². The Bertz CT molecular complexity index is 884. The Morgan fingerprint density at radius 3 is 1.93 bits per heavy atom. The van der Waals surface area contributed by atoms with Gasteiger partial charge in [-0.2, -0.15) is 0 Å². The van der Waals surface area contributed by atoms with Gasteiger partial charge in [0.15, 0.2) is 0 Å².